The van der Waals surface area contributed by atoms with E-state index in [2.05, 4.69) is 189 Å². The van der Waals surface area contributed by atoms with Crippen LogP contribution in [0.15, 0.2) is 115 Å². The van der Waals surface area contributed by atoms with Crippen molar-refractivity contribution in [1.82, 2.24) is 0 Å². The van der Waals surface area contributed by atoms with Crippen LogP contribution in [0.1, 0.15) is 103 Å². The van der Waals surface area contributed by atoms with Gasteiger partial charge in [-0.1, -0.05) is 148 Å². The fourth-order valence-corrected chi connectivity index (χ4v) is 8.67. The van der Waals surface area contributed by atoms with Crippen LogP contribution in [0.5, 0.6) is 0 Å². The van der Waals surface area contributed by atoms with Gasteiger partial charge in [-0.3, -0.25) is 0 Å². The highest BCUT2D eigenvalue weighted by atomic mass is 15.1. The summed E-state index contributed by atoms with van der Waals surface area (Å²) >= 11 is 0. The average Bonchev–Trinajstić information content (AvgIpc) is 3.42. The summed E-state index contributed by atoms with van der Waals surface area (Å²) in [7, 11) is 0. The normalized spacial score (nSPS) is 15.5. The molecule has 8 rings (SSSR count). The second-order valence-electron chi connectivity index (χ2n) is 17.6. The highest BCUT2D eigenvalue weighted by molar-refractivity contribution is 5.94. The predicted molar refractivity (Wildman–Crippen MR) is 211 cm³/mol. The largest absolute Gasteiger partial charge is 0.310 e. The Morgan fingerprint density at radius 2 is 0.939 bits per heavy atom. The van der Waals surface area contributed by atoms with Crippen molar-refractivity contribution in [3.63, 3.8) is 0 Å². The summed E-state index contributed by atoms with van der Waals surface area (Å²) in [6.07, 6.45) is 0. The molecule has 0 bridgehead atoms. The molecule has 0 unspecified atom stereocenters. The number of nitrogens with zero attached hydrogens (tertiary/aromatic N) is 1. The van der Waals surface area contributed by atoms with E-state index in [-0.39, 0.29) is 21.7 Å². The minimum absolute atomic E-state index is 0.0642. The maximum absolute atomic E-state index is 2.49. The first-order valence-corrected chi connectivity index (χ1v) is 17.9. The molecule has 0 spiro atoms. The van der Waals surface area contributed by atoms with Gasteiger partial charge in [0.05, 0.1) is 0 Å². The van der Waals surface area contributed by atoms with Gasteiger partial charge in [-0.2, -0.15) is 0 Å². The third-order valence-electron chi connectivity index (χ3n) is 11.5. The lowest BCUT2D eigenvalue weighted by Gasteiger charge is -2.30. The fraction of sp³-hybridized carbons (Fsp3) is 0.292. The second kappa shape index (κ2) is 10.4. The second-order valence-corrected chi connectivity index (χ2v) is 17.6. The summed E-state index contributed by atoms with van der Waals surface area (Å²) < 4.78 is 0. The first kappa shape index (κ1) is 31.6. The molecule has 6 aromatic rings. The van der Waals surface area contributed by atoms with Crippen LogP contribution in [0.25, 0.3) is 33.0 Å². The molecular weight excluding hydrogens is 591 g/mol. The van der Waals surface area contributed by atoms with Crippen molar-refractivity contribution < 1.29 is 0 Å². The Hall–Kier alpha value is -4.62. The zero-order chi connectivity index (χ0) is 34.7. The van der Waals surface area contributed by atoms with E-state index >= 15 is 0 Å². The zero-order valence-electron chi connectivity index (χ0n) is 30.9. The maximum atomic E-state index is 2.49. The van der Waals surface area contributed by atoms with Crippen LogP contribution in [0.3, 0.4) is 0 Å². The molecule has 1 nitrogen and oxygen atoms in total. The first-order valence-electron chi connectivity index (χ1n) is 17.9. The van der Waals surface area contributed by atoms with Gasteiger partial charge in [-0.05, 0) is 114 Å². The highest BCUT2D eigenvalue weighted by Gasteiger charge is 2.38. The Bertz CT molecular complexity index is 2300. The smallest absolute Gasteiger partial charge is 0.0468 e. The molecule has 0 N–H and O–H groups in total. The van der Waals surface area contributed by atoms with Crippen molar-refractivity contribution in [1.29, 1.82) is 0 Å². The molecule has 0 radical (unpaired) electrons. The third kappa shape index (κ3) is 4.80. The van der Waals surface area contributed by atoms with Crippen molar-refractivity contribution in [2.45, 2.75) is 90.9 Å². The van der Waals surface area contributed by atoms with Gasteiger partial charge >= 0.3 is 0 Å². The molecule has 246 valence electrons. The van der Waals surface area contributed by atoms with Crippen molar-refractivity contribution in [3.8, 4) is 22.3 Å². The maximum Gasteiger partial charge on any atom is 0.0468 e. The predicted octanol–water partition coefficient (Wildman–Crippen LogP) is 13.5. The molecule has 0 aliphatic heterocycles. The van der Waals surface area contributed by atoms with Gasteiger partial charge in [-0.25, -0.2) is 0 Å². The average molecular weight is 640 g/mol. The van der Waals surface area contributed by atoms with Crippen LogP contribution in [0.2, 0.25) is 0 Å². The lowest BCUT2D eigenvalue weighted by Crippen LogP contribution is -2.19. The number of hydrogen-bond donors (Lipinski definition) is 0. The van der Waals surface area contributed by atoms with E-state index in [0.29, 0.717) is 0 Å². The summed E-state index contributed by atoms with van der Waals surface area (Å²) in [5.74, 6) is 0. The number of rotatable bonds is 3. The molecule has 0 saturated heterocycles. The SMILES string of the molecule is CC(C)(C)c1ccc2c(c1)C(C)(C)c1cc(N(c3ccc4c(c3)C(C)(C)c3ccccc3-4)c3ccc4c(C(C)(C)C)cccc4c3)ccc1-2. The van der Waals surface area contributed by atoms with Crippen molar-refractivity contribution in [2.24, 2.45) is 0 Å². The summed E-state index contributed by atoms with van der Waals surface area (Å²) in [6, 6.07) is 44.2. The van der Waals surface area contributed by atoms with Crippen LogP contribution < -0.4 is 4.90 Å². The van der Waals surface area contributed by atoms with Gasteiger partial charge in [0.1, 0.15) is 0 Å². The number of fused-ring (bicyclic) bond motifs is 7. The molecule has 1 heteroatoms. The number of benzene rings is 6. The standard InChI is InChI=1S/C48H49N/c1-45(2,3)31-18-22-37-39-25-21-34(29-44(39)48(9,10)42(37)27-31)49(32-19-23-35-30(26-32)14-13-17-40(35)46(4,5)6)33-20-24-38-36-15-11-12-16-41(36)47(7,8)43(38)28-33/h11-29H,1-10H3. The molecule has 6 aromatic carbocycles. The molecular formula is C48H49N. The Kier molecular flexibility index (Phi) is 6.74. The van der Waals surface area contributed by atoms with Gasteiger partial charge in [0, 0.05) is 27.9 Å². The third-order valence-corrected chi connectivity index (χ3v) is 11.5. The lowest BCUT2D eigenvalue weighted by atomic mass is 9.79. The van der Waals surface area contributed by atoms with Gasteiger partial charge < -0.3 is 4.90 Å². The Balaban J connectivity index is 1.33. The van der Waals surface area contributed by atoms with Crippen molar-refractivity contribution in [2.75, 3.05) is 4.90 Å². The summed E-state index contributed by atoms with van der Waals surface area (Å²) in [6.45, 7) is 23.4. The topological polar surface area (TPSA) is 3.24 Å². The molecule has 0 saturated carbocycles. The van der Waals surface area contributed by atoms with Crippen LogP contribution >= 0.6 is 0 Å². The van der Waals surface area contributed by atoms with Crippen molar-refractivity contribution >= 4 is 27.8 Å². The van der Waals surface area contributed by atoms with E-state index in [9.17, 15) is 0 Å². The molecule has 0 atom stereocenters. The minimum Gasteiger partial charge on any atom is -0.310 e. The summed E-state index contributed by atoms with van der Waals surface area (Å²) in [5, 5.41) is 2.59. The first-order chi connectivity index (χ1) is 23.1. The Labute approximate surface area is 293 Å². The van der Waals surface area contributed by atoms with E-state index in [1.165, 1.54) is 83.5 Å². The van der Waals surface area contributed by atoms with Crippen LogP contribution in [-0.4, -0.2) is 0 Å². The monoisotopic (exact) mass is 639 g/mol. The van der Waals surface area contributed by atoms with E-state index in [4.69, 9.17) is 0 Å². The molecule has 0 amide bonds. The lowest BCUT2D eigenvalue weighted by molar-refractivity contribution is 0.584. The van der Waals surface area contributed by atoms with Crippen LogP contribution in [0.4, 0.5) is 17.1 Å². The zero-order valence-corrected chi connectivity index (χ0v) is 30.9. The van der Waals surface area contributed by atoms with Gasteiger partial charge in [0.15, 0.2) is 0 Å². The van der Waals surface area contributed by atoms with Gasteiger partial charge in [0.2, 0.25) is 0 Å². The van der Waals surface area contributed by atoms with Crippen molar-refractivity contribution in [3.05, 3.63) is 149 Å². The number of hydrogen-bond acceptors (Lipinski definition) is 1. The number of anilines is 3. The van der Waals surface area contributed by atoms with E-state index in [0.717, 1.165) is 0 Å². The van der Waals surface area contributed by atoms with Crippen LogP contribution in [0, 0.1) is 0 Å². The molecule has 0 aromatic heterocycles. The quantitative estimate of drug-likeness (QED) is 0.186. The van der Waals surface area contributed by atoms with E-state index < -0.39 is 0 Å². The van der Waals surface area contributed by atoms with E-state index in [1.54, 1.807) is 0 Å². The van der Waals surface area contributed by atoms with E-state index in [1.807, 2.05) is 0 Å². The molecule has 0 heterocycles. The fourth-order valence-electron chi connectivity index (χ4n) is 8.67. The molecule has 0 fully saturated rings. The highest BCUT2D eigenvalue weighted by Crippen LogP contribution is 2.53. The van der Waals surface area contributed by atoms with Gasteiger partial charge in [-0.15, -0.1) is 0 Å². The van der Waals surface area contributed by atoms with Crippen LogP contribution in [-0.2, 0) is 21.7 Å². The Morgan fingerprint density at radius 1 is 0.429 bits per heavy atom. The summed E-state index contributed by atoms with van der Waals surface area (Å²) in [5.41, 5.74) is 17.3. The molecule has 2 aliphatic rings. The van der Waals surface area contributed by atoms with Gasteiger partial charge in [0.25, 0.3) is 0 Å². The Morgan fingerprint density at radius 3 is 1.55 bits per heavy atom. The summed E-state index contributed by atoms with van der Waals surface area (Å²) in [4.78, 5) is 2.49. The minimum atomic E-state index is -0.111. The molecule has 2 aliphatic carbocycles. The molecule has 49 heavy (non-hydrogen) atoms.